The molecule has 23 heavy (non-hydrogen) atoms. The number of hydrogen-bond donors (Lipinski definition) is 0. The van der Waals surface area contributed by atoms with Crippen LogP contribution in [-0.4, -0.2) is 25.1 Å². The molecule has 0 N–H and O–H groups in total. The van der Waals surface area contributed by atoms with Crippen LogP contribution in [0.3, 0.4) is 0 Å². The highest BCUT2D eigenvalue weighted by atomic mass is 16.5. The van der Waals surface area contributed by atoms with Crippen LogP contribution in [0.1, 0.15) is 12.5 Å². The van der Waals surface area contributed by atoms with Crippen LogP contribution in [0.5, 0.6) is 0 Å². The maximum absolute atomic E-state index is 5.40. The summed E-state index contributed by atoms with van der Waals surface area (Å²) in [6.07, 6.45) is 1.01. The first kappa shape index (κ1) is 13.6. The van der Waals surface area contributed by atoms with Crippen molar-refractivity contribution in [3.8, 4) is 22.8 Å². The molecule has 114 valence electrons. The Morgan fingerprint density at radius 2 is 1.83 bits per heavy atom. The SMILES string of the molecule is CCc1ccc(-c2nc(-c3ccc4nnn(C)c4c3)no2)cc1. The van der Waals surface area contributed by atoms with Crippen LogP contribution < -0.4 is 0 Å². The van der Waals surface area contributed by atoms with Crippen LogP contribution in [0.25, 0.3) is 33.9 Å². The van der Waals surface area contributed by atoms with Crippen LogP contribution in [0.4, 0.5) is 0 Å². The summed E-state index contributed by atoms with van der Waals surface area (Å²) in [5, 5.41) is 12.2. The normalized spacial score (nSPS) is 11.2. The van der Waals surface area contributed by atoms with E-state index < -0.39 is 0 Å². The summed E-state index contributed by atoms with van der Waals surface area (Å²) in [6, 6.07) is 14.0. The lowest BCUT2D eigenvalue weighted by Crippen LogP contribution is -1.90. The van der Waals surface area contributed by atoms with Crippen molar-refractivity contribution in [1.82, 2.24) is 25.1 Å². The molecular weight excluding hydrogens is 290 g/mol. The minimum atomic E-state index is 0.519. The fourth-order valence-electron chi connectivity index (χ4n) is 2.51. The molecular formula is C17H15N5O. The highest BCUT2D eigenvalue weighted by Gasteiger charge is 2.12. The van der Waals surface area contributed by atoms with E-state index in [9.17, 15) is 0 Å². The second-order valence-electron chi connectivity index (χ2n) is 5.39. The molecule has 0 amide bonds. The molecule has 4 rings (SSSR count). The van der Waals surface area contributed by atoms with Gasteiger partial charge in [-0.15, -0.1) is 5.10 Å². The van der Waals surface area contributed by atoms with Gasteiger partial charge in [0.25, 0.3) is 5.89 Å². The fourth-order valence-corrected chi connectivity index (χ4v) is 2.51. The van der Waals surface area contributed by atoms with Crippen molar-refractivity contribution in [3.05, 3.63) is 48.0 Å². The Balaban J connectivity index is 1.71. The van der Waals surface area contributed by atoms with Gasteiger partial charge in [0.1, 0.15) is 5.52 Å². The zero-order chi connectivity index (χ0) is 15.8. The number of nitrogens with zero attached hydrogens (tertiary/aromatic N) is 5. The van der Waals surface area contributed by atoms with Crippen molar-refractivity contribution >= 4 is 11.0 Å². The molecule has 2 aromatic carbocycles. The van der Waals surface area contributed by atoms with Gasteiger partial charge >= 0.3 is 0 Å². The van der Waals surface area contributed by atoms with Crippen molar-refractivity contribution in [2.24, 2.45) is 7.05 Å². The van der Waals surface area contributed by atoms with Gasteiger partial charge in [0, 0.05) is 18.2 Å². The van der Waals surface area contributed by atoms with Crippen LogP contribution >= 0.6 is 0 Å². The molecule has 0 saturated carbocycles. The summed E-state index contributed by atoms with van der Waals surface area (Å²) in [5.41, 5.74) is 4.85. The number of aromatic nitrogens is 5. The minimum absolute atomic E-state index is 0.519. The molecule has 0 saturated heterocycles. The van der Waals surface area contributed by atoms with Crippen LogP contribution in [-0.2, 0) is 13.5 Å². The first-order valence-corrected chi connectivity index (χ1v) is 7.47. The molecule has 0 atom stereocenters. The summed E-state index contributed by atoms with van der Waals surface area (Å²) < 4.78 is 7.13. The smallest absolute Gasteiger partial charge is 0.258 e. The monoisotopic (exact) mass is 305 g/mol. The Morgan fingerprint density at radius 1 is 1.04 bits per heavy atom. The van der Waals surface area contributed by atoms with Crippen molar-refractivity contribution in [2.45, 2.75) is 13.3 Å². The van der Waals surface area contributed by atoms with Crippen molar-refractivity contribution in [3.63, 3.8) is 0 Å². The van der Waals surface area contributed by atoms with Gasteiger partial charge in [-0.25, -0.2) is 4.68 Å². The van der Waals surface area contributed by atoms with E-state index in [0.717, 1.165) is 28.6 Å². The highest BCUT2D eigenvalue weighted by Crippen LogP contribution is 2.24. The lowest BCUT2D eigenvalue weighted by Gasteiger charge is -1.97. The molecule has 4 aromatic rings. The first-order chi connectivity index (χ1) is 11.2. The number of fused-ring (bicyclic) bond motifs is 1. The molecule has 0 aliphatic rings. The lowest BCUT2D eigenvalue weighted by molar-refractivity contribution is 0.432. The summed E-state index contributed by atoms with van der Waals surface area (Å²) in [6.45, 7) is 2.13. The van der Waals surface area contributed by atoms with Crippen molar-refractivity contribution in [2.75, 3.05) is 0 Å². The third kappa shape index (κ3) is 2.38. The van der Waals surface area contributed by atoms with Crippen LogP contribution in [0, 0.1) is 0 Å². The van der Waals surface area contributed by atoms with E-state index in [4.69, 9.17) is 4.52 Å². The van der Waals surface area contributed by atoms with E-state index in [1.165, 1.54) is 5.56 Å². The molecule has 0 unspecified atom stereocenters. The Hall–Kier alpha value is -3.02. The largest absolute Gasteiger partial charge is 0.334 e. The quantitative estimate of drug-likeness (QED) is 0.581. The summed E-state index contributed by atoms with van der Waals surface area (Å²) >= 11 is 0. The first-order valence-electron chi connectivity index (χ1n) is 7.47. The van der Waals surface area contributed by atoms with Gasteiger partial charge in [-0.1, -0.05) is 29.4 Å². The van der Waals surface area contributed by atoms with E-state index in [0.29, 0.717) is 11.7 Å². The molecule has 0 aliphatic carbocycles. The van der Waals surface area contributed by atoms with Crippen molar-refractivity contribution < 1.29 is 4.52 Å². The molecule has 2 heterocycles. The average molecular weight is 305 g/mol. The zero-order valence-electron chi connectivity index (χ0n) is 12.9. The Labute approximate surface area is 132 Å². The Kier molecular flexibility index (Phi) is 3.15. The van der Waals surface area contributed by atoms with Gasteiger partial charge in [-0.2, -0.15) is 4.98 Å². The maximum Gasteiger partial charge on any atom is 0.258 e. The second kappa shape index (κ2) is 5.31. The third-order valence-corrected chi connectivity index (χ3v) is 3.90. The fraction of sp³-hybridized carbons (Fsp3) is 0.176. The molecule has 0 radical (unpaired) electrons. The molecule has 0 aliphatic heterocycles. The van der Waals surface area contributed by atoms with E-state index in [2.05, 4.69) is 39.5 Å². The third-order valence-electron chi connectivity index (χ3n) is 3.90. The number of benzene rings is 2. The molecule has 6 nitrogen and oxygen atoms in total. The number of rotatable bonds is 3. The van der Waals surface area contributed by atoms with E-state index >= 15 is 0 Å². The minimum Gasteiger partial charge on any atom is -0.334 e. The second-order valence-corrected chi connectivity index (χ2v) is 5.39. The molecule has 0 fully saturated rings. The standard InChI is InChI=1S/C17H15N5O/c1-3-11-4-6-12(7-5-11)17-18-16(20-23-17)13-8-9-14-15(10-13)22(2)21-19-14/h4-10H,3H2,1-2H3. The van der Waals surface area contributed by atoms with Gasteiger partial charge < -0.3 is 4.52 Å². The van der Waals surface area contributed by atoms with Gasteiger partial charge in [0.2, 0.25) is 5.82 Å². The van der Waals surface area contributed by atoms with Gasteiger partial charge in [-0.05, 0) is 42.3 Å². The summed E-state index contributed by atoms with van der Waals surface area (Å²) in [5.74, 6) is 1.08. The topological polar surface area (TPSA) is 69.6 Å². The lowest BCUT2D eigenvalue weighted by atomic mass is 10.1. The maximum atomic E-state index is 5.40. The highest BCUT2D eigenvalue weighted by molar-refractivity contribution is 5.80. The van der Waals surface area contributed by atoms with E-state index in [1.807, 2.05) is 37.4 Å². The Bertz CT molecular complexity index is 968. The molecule has 0 spiro atoms. The van der Waals surface area contributed by atoms with E-state index in [1.54, 1.807) is 4.68 Å². The number of aryl methyl sites for hydroxylation is 2. The predicted molar refractivity (Wildman–Crippen MR) is 86.6 cm³/mol. The molecule has 0 bridgehead atoms. The summed E-state index contributed by atoms with van der Waals surface area (Å²) in [4.78, 5) is 4.50. The van der Waals surface area contributed by atoms with Crippen LogP contribution in [0.2, 0.25) is 0 Å². The molecule has 2 aromatic heterocycles. The van der Waals surface area contributed by atoms with Gasteiger partial charge in [-0.3, -0.25) is 0 Å². The molecule has 6 heteroatoms. The Morgan fingerprint density at radius 3 is 2.61 bits per heavy atom. The van der Waals surface area contributed by atoms with Gasteiger partial charge in [0.15, 0.2) is 0 Å². The average Bonchev–Trinajstić information content (AvgIpc) is 3.22. The number of hydrogen-bond acceptors (Lipinski definition) is 5. The van der Waals surface area contributed by atoms with Gasteiger partial charge in [0.05, 0.1) is 5.52 Å². The van der Waals surface area contributed by atoms with Crippen LogP contribution in [0.15, 0.2) is 47.0 Å². The summed E-state index contributed by atoms with van der Waals surface area (Å²) in [7, 11) is 1.86. The zero-order valence-corrected chi connectivity index (χ0v) is 12.9. The van der Waals surface area contributed by atoms with Crippen molar-refractivity contribution in [1.29, 1.82) is 0 Å². The predicted octanol–water partition coefficient (Wildman–Crippen LogP) is 3.25. The van der Waals surface area contributed by atoms with E-state index in [-0.39, 0.29) is 0 Å².